The first-order valence-corrected chi connectivity index (χ1v) is 10.5. The van der Waals surface area contributed by atoms with Crippen LogP contribution in [0.25, 0.3) is 0 Å². The third kappa shape index (κ3) is 5.06. The van der Waals surface area contributed by atoms with Gasteiger partial charge in [-0.2, -0.15) is 4.31 Å². The minimum atomic E-state index is -3.71. The van der Waals surface area contributed by atoms with Gasteiger partial charge in [0, 0.05) is 24.8 Å². The Labute approximate surface area is 159 Å². The van der Waals surface area contributed by atoms with Gasteiger partial charge in [0.1, 0.15) is 18.2 Å². The lowest BCUT2D eigenvalue weighted by Crippen LogP contribution is -2.33. The van der Waals surface area contributed by atoms with Crippen molar-refractivity contribution in [3.63, 3.8) is 0 Å². The molecule has 1 aliphatic rings. The summed E-state index contributed by atoms with van der Waals surface area (Å²) in [6, 6.07) is 12.5. The fourth-order valence-electron chi connectivity index (χ4n) is 2.77. The second-order valence-electron chi connectivity index (χ2n) is 6.39. The Bertz CT molecular complexity index is 851. The average molecular weight is 393 g/mol. The van der Waals surface area contributed by atoms with Crippen LogP contribution in [-0.2, 0) is 21.3 Å². The number of sulfonamides is 1. The number of hydrogen-bond donors (Lipinski definition) is 0. The molecule has 1 saturated carbocycles. The molecule has 0 aromatic heterocycles. The SMILES string of the molecule is CCOCCOc1ccc(S(=O)(=O)N(Cc2ccccc2F)C2CC2)cc1. The smallest absolute Gasteiger partial charge is 0.243 e. The zero-order chi connectivity index (χ0) is 19.3. The molecule has 146 valence electrons. The molecule has 0 bridgehead atoms. The molecule has 0 atom stereocenters. The van der Waals surface area contributed by atoms with Crippen LogP contribution >= 0.6 is 0 Å². The molecule has 2 aromatic carbocycles. The Morgan fingerprint density at radius 1 is 1.07 bits per heavy atom. The molecule has 2 aromatic rings. The Kier molecular flexibility index (Phi) is 6.46. The van der Waals surface area contributed by atoms with E-state index in [0.717, 1.165) is 12.8 Å². The van der Waals surface area contributed by atoms with E-state index in [4.69, 9.17) is 9.47 Å². The molecule has 1 aliphatic carbocycles. The van der Waals surface area contributed by atoms with E-state index in [0.29, 0.717) is 31.1 Å². The average Bonchev–Trinajstić information content (AvgIpc) is 3.50. The predicted molar refractivity (Wildman–Crippen MR) is 101 cm³/mol. The summed E-state index contributed by atoms with van der Waals surface area (Å²) in [5.74, 6) is 0.192. The predicted octanol–water partition coefficient (Wildman–Crippen LogP) is 3.59. The van der Waals surface area contributed by atoms with E-state index in [9.17, 15) is 12.8 Å². The molecule has 0 amide bonds. The van der Waals surface area contributed by atoms with Gasteiger partial charge in [-0.1, -0.05) is 18.2 Å². The first kappa shape index (κ1) is 19.8. The van der Waals surface area contributed by atoms with Gasteiger partial charge in [0.2, 0.25) is 10.0 Å². The van der Waals surface area contributed by atoms with E-state index in [1.165, 1.54) is 22.5 Å². The highest BCUT2D eigenvalue weighted by Crippen LogP contribution is 2.34. The molecule has 0 radical (unpaired) electrons. The minimum absolute atomic E-state index is 0.0340. The van der Waals surface area contributed by atoms with Crippen molar-refractivity contribution in [3.05, 3.63) is 59.9 Å². The van der Waals surface area contributed by atoms with E-state index in [2.05, 4.69) is 0 Å². The van der Waals surface area contributed by atoms with Crippen LogP contribution in [0.2, 0.25) is 0 Å². The fraction of sp³-hybridized carbons (Fsp3) is 0.400. The van der Waals surface area contributed by atoms with Gasteiger partial charge in [0.05, 0.1) is 11.5 Å². The summed E-state index contributed by atoms with van der Waals surface area (Å²) in [6.45, 7) is 3.45. The lowest BCUT2D eigenvalue weighted by atomic mass is 10.2. The maximum absolute atomic E-state index is 14.0. The summed E-state index contributed by atoms with van der Waals surface area (Å²) in [7, 11) is -3.71. The van der Waals surface area contributed by atoms with Crippen molar-refractivity contribution in [2.24, 2.45) is 0 Å². The monoisotopic (exact) mass is 393 g/mol. The standard InChI is InChI=1S/C20H24FNO4S/c1-2-25-13-14-26-18-9-11-19(12-10-18)27(23,24)22(17-7-8-17)15-16-5-3-4-6-20(16)21/h3-6,9-12,17H,2,7-8,13-15H2,1H3. The summed E-state index contributed by atoms with van der Waals surface area (Å²) in [5.41, 5.74) is 0.379. The number of benzene rings is 2. The summed E-state index contributed by atoms with van der Waals surface area (Å²) in [6.07, 6.45) is 1.60. The summed E-state index contributed by atoms with van der Waals surface area (Å²) < 4.78 is 52.3. The summed E-state index contributed by atoms with van der Waals surface area (Å²) >= 11 is 0. The van der Waals surface area contributed by atoms with Gasteiger partial charge in [-0.15, -0.1) is 0 Å². The van der Waals surface area contributed by atoms with Crippen LogP contribution in [0.3, 0.4) is 0 Å². The maximum Gasteiger partial charge on any atom is 0.243 e. The van der Waals surface area contributed by atoms with E-state index < -0.39 is 15.8 Å². The lowest BCUT2D eigenvalue weighted by molar-refractivity contribution is 0.110. The molecule has 7 heteroatoms. The van der Waals surface area contributed by atoms with Gasteiger partial charge in [0.25, 0.3) is 0 Å². The number of ether oxygens (including phenoxy) is 2. The zero-order valence-corrected chi connectivity index (χ0v) is 16.1. The van der Waals surface area contributed by atoms with Crippen molar-refractivity contribution in [1.29, 1.82) is 0 Å². The van der Waals surface area contributed by atoms with Crippen LogP contribution in [0.4, 0.5) is 4.39 Å². The van der Waals surface area contributed by atoms with Crippen LogP contribution in [0.15, 0.2) is 53.4 Å². The molecule has 0 heterocycles. The largest absolute Gasteiger partial charge is 0.491 e. The molecule has 0 spiro atoms. The second kappa shape index (κ2) is 8.82. The first-order chi connectivity index (χ1) is 13.0. The number of halogens is 1. The van der Waals surface area contributed by atoms with Gasteiger partial charge >= 0.3 is 0 Å². The normalized spacial score (nSPS) is 14.5. The molecule has 0 N–H and O–H groups in total. The van der Waals surface area contributed by atoms with Crippen molar-refractivity contribution in [3.8, 4) is 5.75 Å². The Morgan fingerprint density at radius 3 is 2.41 bits per heavy atom. The van der Waals surface area contributed by atoms with Gasteiger partial charge < -0.3 is 9.47 Å². The van der Waals surface area contributed by atoms with Gasteiger partial charge in [0.15, 0.2) is 0 Å². The van der Waals surface area contributed by atoms with Gasteiger partial charge in [-0.3, -0.25) is 0 Å². The van der Waals surface area contributed by atoms with Crippen LogP contribution in [0.1, 0.15) is 25.3 Å². The van der Waals surface area contributed by atoms with Crippen molar-refractivity contribution in [2.75, 3.05) is 19.8 Å². The fourth-order valence-corrected chi connectivity index (χ4v) is 4.44. The molecular formula is C20H24FNO4S. The molecule has 27 heavy (non-hydrogen) atoms. The molecule has 5 nitrogen and oxygen atoms in total. The van der Waals surface area contributed by atoms with Crippen molar-refractivity contribution in [1.82, 2.24) is 4.31 Å². The number of rotatable bonds is 10. The van der Waals surface area contributed by atoms with Gasteiger partial charge in [-0.05, 0) is 50.1 Å². The van der Waals surface area contributed by atoms with Crippen LogP contribution in [-0.4, -0.2) is 38.6 Å². The van der Waals surface area contributed by atoms with E-state index in [1.54, 1.807) is 30.3 Å². The third-order valence-corrected chi connectivity index (χ3v) is 6.28. The number of nitrogens with zero attached hydrogens (tertiary/aromatic N) is 1. The highest BCUT2D eigenvalue weighted by atomic mass is 32.2. The Hall–Kier alpha value is -1.96. The highest BCUT2D eigenvalue weighted by molar-refractivity contribution is 7.89. The maximum atomic E-state index is 14.0. The number of hydrogen-bond acceptors (Lipinski definition) is 4. The van der Waals surface area contributed by atoms with Crippen molar-refractivity contribution in [2.45, 2.75) is 37.2 Å². The molecule has 0 unspecified atom stereocenters. The second-order valence-corrected chi connectivity index (χ2v) is 8.28. The Balaban J connectivity index is 1.74. The lowest BCUT2D eigenvalue weighted by Gasteiger charge is -2.22. The Morgan fingerprint density at radius 2 is 1.78 bits per heavy atom. The van der Waals surface area contributed by atoms with E-state index in [-0.39, 0.29) is 17.5 Å². The topological polar surface area (TPSA) is 55.8 Å². The van der Waals surface area contributed by atoms with Gasteiger partial charge in [-0.25, -0.2) is 12.8 Å². The molecule has 3 rings (SSSR count). The van der Waals surface area contributed by atoms with E-state index in [1.807, 2.05) is 6.92 Å². The van der Waals surface area contributed by atoms with Crippen molar-refractivity contribution >= 4 is 10.0 Å². The summed E-state index contributed by atoms with van der Waals surface area (Å²) in [5, 5.41) is 0. The van der Waals surface area contributed by atoms with Crippen LogP contribution < -0.4 is 4.74 Å². The van der Waals surface area contributed by atoms with Crippen molar-refractivity contribution < 1.29 is 22.3 Å². The highest BCUT2D eigenvalue weighted by Gasteiger charge is 2.38. The molecule has 0 saturated heterocycles. The minimum Gasteiger partial charge on any atom is -0.491 e. The third-order valence-electron chi connectivity index (χ3n) is 4.37. The van der Waals surface area contributed by atoms with Crippen LogP contribution in [0, 0.1) is 5.82 Å². The quantitative estimate of drug-likeness (QED) is 0.579. The summed E-state index contributed by atoms with van der Waals surface area (Å²) in [4.78, 5) is 0.183. The molecule has 0 aliphatic heterocycles. The zero-order valence-electron chi connectivity index (χ0n) is 15.3. The molecule has 1 fully saturated rings. The first-order valence-electron chi connectivity index (χ1n) is 9.08. The van der Waals surface area contributed by atoms with E-state index >= 15 is 0 Å². The van der Waals surface area contributed by atoms with Crippen LogP contribution in [0.5, 0.6) is 5.75 Å². The molecular weight excluding hydrogens is 369 g/mol.